The summed E-state index contributed by atoms with van der Waals surface area (Å²) in [5.41, 5.74) is 0.120. The number of nitrogens with one attached hydrogen (secondary N) is 2. The van der Waals surface area contributed by atoms with Gasteiger partial charge in [-0.2, -0.15) is 5.26 Å². The number of rotatable bonds is 4. The second-order valence-corrected chi connectivity index (χ2v) is 5.80. The van der Waals surface area contributed by atoms with E-state index in [1.165, 1.54) is 13.3 Å². The van der Waals surface area contributed by atoms with E-state index in [0.29, 0.717) is 16.5 Å². The number of amides is 1. The van der Waals surface area contributed by atoms with Crippen molar-refractivity contribution in [2.45, 2.75) is 26.3 Å². The van der Waals surface area contributed by atoms with Crippen LogP contribution in [-0.4, -0.2) is 18.6 Å². The first-order valence-corrected chi connectivity index (χ1v) is 6.67. The van der Waals surface area contributed by atoms with Crippen LogP contribution < -0.4 is 15.4 Å². The molecule has 1 rings (SSSR count). The summed E-state index contributed by atoms with van der Waals surface area (Å²) in [5, 5.41) is 15.2. The minimum atomic E-state index is -0.446. The number of methoxy groups -OCH3 is 1. The number of nitriles is 1. The monoisotopic (exact) mass is 307 g/mol. The first-order chi connectivity index (χ1) is 9.76. The summed E-state index contributed by atoms with van der Waals surface area (Å²) in [4.78, 5) is 11.9. The van der Waals surface area contributed by atoms with Crippen LogP contribution in [0.15, 0.2) is 30.0 Å². The van der Waals surface area contributed by atoms with Gasteiger partial charge in [-0.25, -0.2) is 0 Å². The fourth-order valence-corrected chi connectivity index (χ4v) is 1.67. The smallest absolute Gasteiger partial charge is 0.263 e. The molecule has 1 aromatic carbocycles. The summed E-state index contributed by atoms with van der Waals surface area (Å²) >= 11 is 5.91. The number of ether oxygens (including phenoxy) is 1. The molecule has 21 heavy (non-hydrogen) atoms. The molecule has 2 N–H and O–H groups in total. The lowest BCUT2D eigenvalue weighted by atomic mass is 10.1. The van der Waals surface area contributed by atoms with Crippen LogP contribution in [0.2, 0.25) is 5.02 Å². The van der Waals surface area contributed by atoms with Crippen molar-refractivity contribution < 1.29 is 9.53 Å². The zero-order chi connectivity index (χ0) is 16.0. The first-order valence-electron chi connectivity index (χ1n) is 6.29. The highest BCUT2D eigenvalue weighted by molar-refractivity contribution is 6.30. The SMILES string of the molecule is COc1ccc(Cl)cc1N/C=C(/C#N)C(=O)NC(C)(C)C. The molecule has 0 aliphatic heterocycles. The Bertz CT molecular complexity index is 598. The molecule has 5 nitrogen and oxygen atoms in total. The number of carbonyl (C=O) groups excluding carboxylic acids is 1. The molecule has 6 heteroatoms. The molecule has 0 aliphatic carbocycles. The van der Waals surface area contributed by atoms with Gasteiger partial charge in [0.25, 0.3) is 5.91 Å². The number of benzene rings is 1. The van der Waals surface area contributed by atoms with E-state index in [2.05, 4.69) is 10.6 Å². The number of anilines is 1. The molecule has 0 saturated carbocycles. The molecular formula is C15H18ClN3O2. The van der Waals surface area contributed by atoms with Crippen LogP contribution >= 0.6 is 11.6 Å². The van der Waals surface area contributed by atoms with Gasteiger partial charge < -0.3 is 15.4 Å². The van der Waals surface area contributed by atoms with E-state index in [1.54, 1.807) is 18.2 Å². The number of halogens is 1. The predicted octanol–water partition coefficient (Wildman–Crippen LogP) is 3.08. The lowest BCUT2D eigenvalue weighted by molar-refractivity contribution is -0.118. The summed E-state index contributed by atoms with van der Waals surface area (Å²) < 4.78 is 5.17. The Balaban J connectivity index is 2.94. The van der Waals surface area contributed by atoms with E-state index in [0.717, 1.165) is 0 Å². The number of hydrogen-bond acceptors (Lipinski definition) is 4. The maximum absolute atomic E-state index is 11.9. The fourth-order valence-electron chi connectivity index (χ4n) is 1.50. The highest BCUT2D eigenvalue weighted by Crippen LogP contribution is 2.27. The Morgan fingerprint density at radius 2 is 2.10 bits per heavy atom. The highest BCUT2D eigenvalue weighted by Gasteiger charge is 2.17. The average molecular weight is 308 g/mol. The van der Waals surface area contributed by atoms with Crippen molar-refractivity contribution in [2.75, 3.05) is 12.4 Å². The Morgan fingerprint density at radius 1 is 1.43 bits per heavy atom. The van der Waals surface area contributed by atoms with E-state index in [4.69, 9.17) is 21.6 Å². The van der Waals surface area contributed by atoms with Crippen LogP contribution in [0, 0.1) is 11.3 Å². The van der Waals surface area contributed by atoms with E-state index < -0.39 is 11.4 Å². The maximum atomic E-state index is 11.9. The van der Waals surface area contributed by atoms with Gasteiger partial charge in [-0.05, 0) is 39.0 Å². The molecule has 0 radical (unpaired) electrons. The van der Waals surface area contributed by atoms with Crippen molar-refractivity contribution >= 4 is 23.2 Å². The third-order valence-corrected chi connectivity index (χ3v) is 2.62. The average Bonchev–Trinajstić information content (AvgIpc) is 2.37. The van der Waals surface area contributed by atoms with Crippen molar-refractivity contribution in [1.82, 2.24) is 5.32 Å². The predicted molar refractivity (Wildman–Crippen MR) is 83.2 cm³/mol. The molecule has 1 amide bonds. The number of carbonyl (C=O) groups is 1. The van der Waals surface area contributed by atoms with E-state index in [-0.39, 0.29) is 5.57 Å². The molecule has 0 heterocycles. The first kappa shape index (κ1) is 16.9. The Hall–Kier alpha value is -2.19. The Morgan fingerprint density at radius 3 is 2.62 bits per heavy atom. The van der Waals surface area contributed by atoms with Crippen molar-refractivity contribution in [3.63, 3.8) is 0 Å². The van der Waals surface area contributed by atoms with E-state index in [1.807, 2.05) is 26.8 Å². The molecule has 0 fully saturated rings. The second-order valence-electron chi connectivity index (χ2n) is 5.36. The van der Waals surface area contributed by atoms with Gasteiger partial charge in [0, 0.05) is 16.8 Å². The molecule has 0 bridgehead atoms. The molecule has 1 aromatic rings. The van der Waals surface area contributed by atoms with Crippen LogP contribution in [0.4, 0.5) is 5.69 Å². The Labute approximate surface area is 129 Å². The molecule has 0 unspecified atom stereocenters. The Kier molecular flexibility index (Phi) is 5.62. The summed E-state index contributed by atoms with van der Waals surface area (Å²) in [7, 11) is 1.52. The minimum Gasteiger partial charge on any atom is -0.495 e. The minimum absolute atomic E-state index is 0.0352. The van der Waals surface area contributed by atoms with E-state index >= 15 is 0 Å². The van der Waals surface area contributed by atoms with Gasteiger partial charge in [0.1, 0.15) is 17.4 Å². The quantitative estimate of drug-likeness (QED) is 0.662. The molecule has 0 saturated heterocycles. The summed E-state index contributed by atoms with van der Waals surface area (Å²) in [6, 6.07) is 6.89. The number of hydrogen-bond donors (Lipinski definition) is 2. The third kappa shape index (κ3) is 5.36. The topological polar surface area (TPSA) is 74.1 Å². The zero-order valence-electron chi connectivity index (χ0n) is 12.5. The molecule has 0 aromatic heterocycles. The fraction of sp³-hybridized carbons (Fsp3) is 0.333. The molecular weight excluding hydrogens is 290 g/mol. The summed E-state index contributed by atoms with van der Waals surface area (Å²) in [5.74, 6) is 0.114. The van der Waals surface area contributed by atoms with Crippen LogP contribution in [0.25, 0.3) is 0 Å². The largest absolute Gasteiger partial charge is 0.495 e. The maximum Gasteiger partial charge on any atom is 0.263 e. The standard InChI is InChI=1S/C15H18ClN3O2/c1-15(2,3)19-14(20)10(8-17)9-18-12-7-11(16)5-6-13(12)21-4/h5-7,9,18H,1-4H3,(H,19,20)/b10-9-. The summed E-state index contributed by atoms with van der Waals surface area (Å²) in [6.07, 6.45) is 1.33. The van der Waals surface area contributed by atoms with Crippen LogP contribution in [0.5, 0.6) is 5.75 Å². The van der Waals surface area contributed by atoms with Gasteiger partial charge in [0.2, 0.25) is 0 Å². The molecule has 112 valence electrons. The lowest BCUT2D eigenvalue weighted by Crippen LogP contribution is -2.41. The van der Waals surface area contributed by atoms with Gasteiger partial charge in [-0.15, -0.1) is 0 Å². The van der Waals surface area contributed by atoms with Crippen LogP contribution in [0.3, 0.4) is 0 Å². The summed E-state index contributed by atoms with van der Waals surface area (Å²) in [6.45, 7) is 5.52. The van der Waals surface area contributed by atoms with Crippen LogP contribution in [-0.2, 0) is 4.79 Å². The van der Waals surface area contributed by atoms with Gasteiger partial charge >= 0.3 is 0 Å². The third-order valence-electron chi connectivity index (χ3n) is 2.39. The number of nitrogens with zero attached hydrogens (tertiary/aromatic N) is 1. The normalized spacial score (nSPS) is 11.5. The molecule has 0 spiro atoms. The van der Waals surface area contributed by atoms with Gasteiger partial charge in [-0.3, -0.25) is 4.79 Å². The van der Waals surface area contributed by atoms with E-state index in [9.17, 15) is 4.79 Å². The highest BCUT2D eigenvalue weighted by atomic mass is 35.5. The molecule has 0 aliphatic rings. The second kappa shape index (κ2) is 7.00. The van der Waals surface area contributed by atoms with Gasteiger partial charge in [0.15, 0.2) is 0 Å². The lowest BCUT2D eigenvalue weighted by Gasteiger charge is -2.20. The zero-order valence-corrected chi connectivity index (χ0v) is 13.2. The molecule has 0 atom stereocenters. The van der Waals surface area contributed by atoms with Crippen LogP contribution in [0.1, 0.15) is 20.8 Å². The van der Waals surface area contributed by atoms with Gasteiger partial charge in [-0.1, -0.05) is 11.6 Å². The van der Waals surface area contributed by atoms with Crippen molar-refractivity contribution in [2.24, 2.45) is 0 Å². The van der Waals surface area contributed by atoms with Crippen molar-refractivity contribution in [1.29, 1.82) is 5.26 Å². The van der Waals surface area contributed by atoms with Crippen molar-refractivity contribution in [3.8, 4) is 11.8 Å². The van der Waals surface area contributed by atoms with Crippen molar-refractivity contribution in [3.05, 3.63) is 35.0 Å². The van der Waals surface area contributed by atoms with Gasteiger partial charge in [0.05, 0.1) is 12.8 Å².